The van der Waals surface area contributed by atoms with Crippen molar-refractivity contribution >= 4 is 5.97 Å². The second kappa shape index (κ2) is 8.01. The van der Waals surface area contributed by atoms with Gasteiger partial charge in [-0.25, -0.2) is 9.18 Å². The van der Waals surface area contributed by atoms with Crippen molar-refractivity contribution in [2.45, 2.75) is 31.5 Å². The Balaban J connectivity index is 0.000000321. The van der Waals surface area contributed by atoms with Gasteiger partial charge in [0.1, 0.15) is 5.82 Å². The van der Waals surface area contributed by atoms with E-state index >= 15 is 0 Å². The van der Waals surface area contributed by atoms with Crippen molar-refractivity contribution in [3.05, 3.63) is 35.1 Å². The number of carboxylic acid groups (broad SMARTS) is 1. The van der Waals surface area contributed by atoms with Crippen LogP contribution in [0, 0.1) is 17.7 Å². The van der Waals surface area contributed by atoms with E-state index in [-0.39, 0.29) is 18.3 Å². The Bertz CT molecular complexity index is 661. The summed E-state index contributed by atoms with van der Waals surface area (Å²) in [6.45, 7) is 1.83. The van der Waals surface area contributed by atoms with Crippen LogP contribution in [0.5, 0.6) is 0 Å². The van der Waals surface area contributed by atoms with Crippen molar-refractivity contribution in [2.75, 3.05) is 13.1 Å². The van der Waals surface area contributed by atoms with Gasteiger partial charge in [0.25, 0.3) is 0 Å². The maximum absolute atomic E-state index is 13.7. The highest BCUT2D eigenvalue weighted by molar-refractivity contribution is 5.73. The van der Waals surface area contributed by atoms with Gasteiger partial charge in [-0.3, -0.25) is 0 Å². The fraction of sp³-hybridized carbons (Fsp3) is 0.562. The quantitative estimate of drug-likeness (QED) is 0.758. The number of aliphatic carboxylic acids is 1. The van der Waals surface area contributed by atoms with Crippen LogP contribution in [0.1, 0.15) is 17.5 Å². The minimum atomic E-state index is -5.08. The maximum Gasteiger partial charge on any atom is 0.490 e. The van der Waals surface area contributed by atoms with Crippen molar-refractivity contribution in [2.24, 2.45) is 11.8 Å². The molecule has 3 rings (SSSR count). The summed E-state index contributed by atoms with van der Waals surface area (Å²) < 4.78 is 88.3. The number of alkyl halides is 6. The predicted octanol–water partition coefficient (Wildman–Crippen LogP) is 3.60. The smallest absolute Gasteiger partial charge is 0.475 e. The van der Waals surface area contributed by atoms with E-state index in [0.717, 1.165) is 31.6 Å². The van der Waals surface area contributed by atoms with E-state index in [0.29, 0.717) is 17.9 Å². The van der Waals surface area contributed by atoms with Crippen molar-refractivity contribution in [3.8, 4) is 0 Å². The molecule has 1 aromatic carbocycles. The van der Waals surface area contributed by atoms with Gasteiger partial charge in [-0.2, -0.15) is 26.3 Å². The van der Waals surface area contributed by atoms with Crippen molar-refractivity contribution < 1.29 is 45.4 Å². The number of hydrogen-bond acceptors (Lipinski definition) is 3. The minimum absolute atomic E-state index is 0.0294. The summed E-state index contributed by atoms with van der Waals surface area (Å²) in [4.78, 5) is 8.90. The summed E-state index contributed by atoms with van der Waals surface area (Å²) in [5, 5.41) is 10.4. The van der Waals surface area contributed by atoms with E-state index in [1.165, 1.54) is 0 Å². The summed E-state index contributed by atoms with van der Waals surface area (Å²) in [5.41, 5.74) is -0.792. The van der Waals surface area contributed by atoms with Crippen LogP contribution in [-0.2, 0) is 22.3 Å². The van der Waals surface area contributed by atoms with Gasteiger partial charge in [0, 0.05) is 18.7 Å². The number of piperidine rings is 2. The molecule has 1 saturated heterocycles. The fourth-order valence-corrected chi connectivity index (χ4v) is 3.00. The summed E-state index contributed by atoms with van der Waals surface area (Å²) in [5.74, 6) is -2.72. The third kappa shape index (κ3) is 5.55. The molecule has 0 spiro atoms. The largest absolute Gasteiger partial charge is 0.490 e. The lowest BCUT2D eigenvalue weighted by Crippen LogP contribution is -2.57. The third-order valence-corrected chi connectivity index (χ3v) is 4.40. The molecular weight excluding hydrogens is 387 g/mol. The van der Waals surface area contributed by atoms with Crippen LogP contribution in [0.4, 0.5) is 30.7 Å². The first-order valence-corrected chi connectivity index (χ1v) is 7.87. The molecule has 1 heterocycles. The molecule has 0 radical (unpaired) electrons. The van der Waals surface area contributed by atoms with Crippen LogP contribution < -0.4 is 5.32 Å². The van der Waals surface area contributed by atoms with E-state index in [4.69, 9.17) is 14.6 Å². The van der Waals surface area contributed by atoms with E-state index in [1.807, 2.05) is 0 Å². The maximum atomic E-state index is 13.7. The van der Waals surface area contributed by atoms with Crippen LogP contribution in [0.25, 0.3) is 0 Å². The lowest BCUT2D eigenvalue weighted by molar-refractivity contribution is -0.192. The molecule has 1 aliphatic carbocycles. The number of nitrogens with one attached hydrogen (secondary N) is 1. The molecule has 2 bridgehead atoms. The lowest BCUT2D eigenvalue weighted by Gasteiger charge is -2.49. The molecule has 2 N–H and O–H groups in total. The van der Waals surface area contributed by atoms with Gasteiger partial charge in [0.2, 0.25) is 0 Å². The van der Waals surface area contributed by atoms with Crippen molar-refractivity contribution in [3.63, 3.8) is 0 Å². The van der Waals surface area contributed by atoms with Crippen LogP contribution in [0.2, 0.25) is 0 Å². The van der Waals surface area contributed by atoms with Crippen LogP contribution in [0.3, 0.4) is 0 Å². The molecule has 1 aromatic rings. The molecule has 0 amide bonds. The SMILES string of the molecule is Fc1cc(C(F)(F)F)ccc1COC1C2CNCC1C2.O=C(O)C(F)(F)F. The minimum Gasteiger partial charge on any atom is -0.475 e. The number of carbonyl (C=O) groups is 1. The Hall–Kier alpha value is -1.88. The second-order valence-corrected chi connectivity index (χ2v) is 6.30. The van der Waals surface area contributed by atoms with Gasteiger partial charge in [0.15, 0.2) is 0 Å². The molecule has 2 unspecified atom stereocenters. The molecular formula is C16H16F7NO3. The number of benzene rings is 1. The number of rotatable bonds is 3. The number of fused-ring (bicyclic) bond motifs is 2. The van der Waals surface area contributed by atoms with Crippen molar-refractivity contribution in [1.29, 1.82) is 0 Å². The van der Waals surface area contributed by atoms with Gasteiger partial charge in [-0.1, -0.05) is 6.07 Å². The second-order valence-electron chi connectivity index (χ2n) is 6.30. The fourth-order valence-electron chi connectivity index (χ4n) is 3.00. The van der Waals surface area contributed by atoms with E-state index in [9.17, 15) is 30.7 Å². The number of hydrogen-bond donors (Lipinski definition) is 2. The highest BCUT2D eigenvalue weighted by Gasteiger charge is 2.44. The first kappa shape index (κ1) is 21.4. The van der Waals surface area contributed by atoms with Gasteiger partial charge >= 0.3 is 18.3 Å². The number of halogens is 7. The highest BCUT2D eigenvalue weighted by atomic mass is 19.4. The molecule has 4 nitrogen and oxygen atoms in total. The molecule has 152 valence electrons. The molecule has 0 aromatic heterocycles. The number of ether oxygens (including phenoxy) is 1. The molecule has 2 fully saturated rings. The molecule has 27 heavy (non-hydrogen) atoms. The number of carboxylic acids is 1. The average Bonchev–Trinajstić information content (AvgIpc) is 2.55. The monoisotopic (exact) mass is 403 g/mol. The van der Waals surface area contributed by atoms with E-state index < -0.39 is 29.7 Å². The summed E-state index contributed by atoms with van der Waals surface area (Å²) >= 11 is 0. The molecule has 2 aliphatic rings. The highest BCUT2D eigenvalue weighted by Crippen LogP contribution is 2.39. The summed E-state index contributed by atoms with van der Waals surface area (Å²) in [7, 11) is 0. The first-order valence-electron chi connectivity index (χ1n) is 7.87. The summed E-state index contributed by atoms with van der Waals surface area (Å²) in [6, 6.07) is 2.58. The third-order valence-electron chi connectivity index (χ3n) is 4.40. The molecule has 1 aliphatic heterocycles. The van der Waals surface area contributed by atoms with Gasteiger partial charge in [-0.15, -0.1) is 0 Å². The zero-order chi connectivity index (χ0) is 20.4. The van der Waals surface area contributed by atoms with Gasteiger partial charge < -0.3 is 15.2 Å². The normalized spacial score (nSPS) is 24.5. The van der Waals surface area contributed by atoms with E-state index in [2.05, 4.69) is 5.32 Å². The Morgan fingerprint density at radius 1 is 1.15 bits per heavy atom. The van der Waals surface area contributed by atoms with Gasteiger partial charge in [0.05, 0.1) is 18.3 Å². The average molecular weight is 403 g/mol. The Morgan fingerprint density at radius 3 is 2.11 bits per heavy atom. The van der Waals surface area contributed by atoms with Crippen LogP contribution in [-0.4, -0.2) is 36.4 Å². The van der Waals surface area contributed by atoms with Crippen molar-refractivity contribution in [1.82, 2.24) is 5.32 Å². The molecule has 11 heteroatoms. The predicted molar refractivity (Wildman–Crippen MR) is 78.1 cm³/mol. The molecule has 1 saturated carbocycles. The Labute approximate surface area is 149 Å². The first-order chi connectivity index (χ1) is 12.4. The van der Waals surface area contributed by atoms with Crippen LogP contribution >= 0.6 is 0 Å². The lowest BCUT2D eigenvalue weighted by atomic mass is 9.69. The molecule has 2 atom stereocenters. The topological polar surface area (TPSA) is 58.6 Å². The Morgan fingerprint density at radius 2 is 1.70 bits per heavy atom. The van der Waals surface area contributed by atoms with Crippen LogP contribution in [0.15, 0.2) is 18.2 Å². The van der Waals surface area contributed by atoms with E-state index in [1.54, 1.807) is 0 Å². The Kier molecular flexibility index (Phi) is 6.35. The standard InChI is InChI=1S/C14H15F4NO.C2HF3O2/c15-12-4-11(14(16,17)18)2-1-8(12)7-20-13-9-3-10(13)6-19-5-9;3-2(4,5)1(6)7/h1-2,4,9-10,13,19H,3,5-7H2;(H,6,7). The van der Waals surface area contributed by atoms with Gasteiger partial charge in [-0.05, 0) is 30.4 Å². The summed E-state index contributed by atoms with van der Waals surface area (Å²) in [6.07, 6.45) is -8.37. The zero-order valence-corrected chi connectivity index (χ0v) is 13.7. The zero-order valence-electron chi connectivity index (χ0n) is 13.7.